The Kier molecular flexibility index (Phi) is 1.51. The second-order valence-corrected chi connectivity index (χ2v) is 3.47. The summed E-state index contributed by atoms with van der Waals surface area (Å²) in [5.41, 5.74) is 0. The average molecular weight is 159 g/mol. The van der Waals surface area contributed by atoms with E-state index in [2.05, 4.69) is 18.2 Å². The maximum atomic E-state index is 5.40. The molecule has 0 aliphatic heterocycles. The van der Waals surface area contributed by atoms with E-state index in [0.29, 0.717) is 0 Å². The number of fused-ring (bicyclic) bond motifs is 1. The molecule has 2 rings (SSSR count). The number of benzene rings is 1. The predicted molar refractivity (Wildman–Crippen MR) is 50.6 cm³/mol. The van der Waals surface area contributed by atoms with Gasteiger partial charge < -0.3 is 0 Å². The van der Waals surface area contributed by atoms with Gasteiger partial charge in [-0.05, 0) is 23.6 Å². The molecule has 0 amide bonds. The predicted octanol–water partition coefficient (Wildman–Crippen LogP) is 3.35. The molecule has 1 heterocycles. The highest BCUT2D eigenvalue weighted by Gasteiger charge is 1.95. The summed E-state index contributed by atoms with van der Waals surface area (Å²) in [6, 6.07) is 10.4. The van der Waals surface area contributed by atoms with Crippen LogP contribution in [-0.2, 0) is 0 Å². The van der Waals surface area contributed by atoms with Crippen LogP contribution in [0.25, 0.3) is 16.2 Å². The van der Waals surface area contributed by atoms with Crippen molar-refractivity contribution < 1.29 is 0 Å². The highest BCUT2D eigenvalue weighted by atomic mass is 32.1. The van der Waals surface area contributed by atoms with E-state index in [4.69, 9.17) is 6.58 Å². The van der Waals surface area contributed by atoms with E-state index >= 15 is 0 Å². The fraction of sp³-hybridized carbons (Fsp3) is 0. The van der Waals surface area contributed by atoms with Gasteiger partial charge in [-0.1, -0.05) is 24.8 Å². The van der Waals surface area contributed by atoms with Gasteiger partial charge in [0.15, 0.2) is 0 Å². The van der Waals surface area contributed by atoms with Crippen molar-refractivity contribution in [3.63, 3.8) is 0 Å². The van der Waals surface area contributed by atoms with E-state index in [0.717, 1.165) is 4.88 Å². The minimum atomic E-state index is 1.13. The first kappa shape index (κ1) is 6.62. The number of rotatable bonds is 1. The van der Waals surface area contributed by atoms with Crippen LogP contribution in [0.4, 0.5) is 0 Å². The lowest BCUT2D eigenvalue weighted by Gasteiger charge is -1.82. The molecule has 1 heteroatoms. The molecule has 1 aromatic carbocycles. The molecule has 53 valence electrons. The van der Waals surface area contributed by atoms with Gasteiger partial charge in [-0.15, -0.1) is 11.3 Å². The molecule has 11 heavy (non-hydrogen) atoms. The Morgan fingerprint density at radius 1 is 1.27 bits per heavy atom. The smallest absolute Gasteiger partial charge is 0.0349 e. The van der Waals surface area contributed by atoms with Crippen molar-refractivity contribution in [1.29, 1.82) is 0 Å². The fourth-order valence-corrected chi connectivity index (χ4v) is 1.98. The third-order valence-electron chi connectivity index (χ3n) is 1.61. The summed E-state index contributed by atoms with van der Waals surface area (Å²) in [5, 5.41) is 1.27. The Bertz CT molecular complexity index is 351. The molecule has 1 aromatic heterocycles. The molecule has 0 aliphatic carbocycles. The van der Waals surface area contributed by atoms with Crippen molar-refractivity contribution in [3.8, 4) is 0 Å². The average Bonchev–Trinajstić information content (AvgIpc) is 2.46. The molecule has 0 saturated carbocycles. The molecule has 0 bridgehead atoms. The van der Waals surface area contributed by atoms with Crippen molar-refractivity contribution >= 4 is 27.5 Å². The maximum absolute atomic E-state index is 5.40. The minimum absolute atomic E-state index is 1.13. The Labute approximate surface area is 69.8 Å². The lowest BCUT2D eigenvalue weighted by Crippen LogP contribution is -1.56. The zero-order chi connectivity index (χ0) is 7.68. The fourth-order valence-electron chi connectivity index (χ4n) is 1.08. The molecule has 1 radical (unpaired) electrons. The molecule has 0 unspecified atom stereocenters. The second kappa shape index (κ2) is 2.51. The van der Waals surface area contributed by atoms with Crippen molar-refractivity contribution in [2.75, 3.05) is 0 Å². The van der Waals surface area contributed by atoms with E-state index in [1.165, 1.54) is 10.1 Å². The Balaban J connectivity index is 2.78. The van der Waals surface area contributed by atoms with Gasteiger partial charge in [0.25, 0.3) is 0 Å². The van der Waals surface area contributed by atoms with Gasteiger partial charge in [0.1, 0.15) is 0 Å². The van der Waals surface area contributed by atoms with Crippen molar-refractivity contribution in [2.45, 2.75) is 0 Å². The zero-order valence-electron chi connectivity index (χ0n) is 5.95. The van der Waals surface area contributed by atoms with Crippen LogP contribution in [0.15, 0.2) is 30.3 Å². The van der Waals surface area contributed by atoms with E-state index < -0.39 is 0 Å². The van der Waals surface area contributed by atoms with Crippen LogP contribution in [0, 0.1) is 6.58 Å². The van der Waals surface area contributed by atoms with Gasteiger partial charge in [-0.2, -0.15) is 0 Å². The summed E-state index contributed by atoms with van der Waals surface area (Å²) in [6.45, 7) is 5.40. The first-order valence-electron chi connectivity index (χ1n) is 3.43. The lowest BCUT2D eigenvalue weighted by atomic mass is 10.2. The summed E-state index contributed by atoms with van der Waals surface area (Å²) < 4.78 is 1.30. The summed E-state index contributed by atoms with van der Waals surface area (Å²) >= 11 is 1.72. The molecule has 0 saturated heterocycles. The van der Waals surface area contributed by atoms with Crippen LogP contribution in [0.3, 0.4) is 0 Å². The SMILES string of the molecule is [CH]=Cc1cc2ccccc2s1. The quantitative estimate of drug-likeness (QED) is 0.598. The third-order valence-corrected chi connectivity index (χ3v) is 2.69. The van der Waals surface area contributed by atoms with Crippen molar-refractivity contribution in [3.05, 3.63) is 41.8 Å². The van der Waals surface area contributed by atoms with Crippen LogP contribution >= 0.6 is 11.3 Å². The van der Waals surface area contributed by atoms with Crippen LogP contribution in [-0.4, -0.2) is 0 Å². The van der Waals surface area contributed by atoms with Crippen LogP contribution in [0.5, 0.6) is 0 Å². The standard InChI is InChI=1S/C10H7S/c1-2-9-7-8-5-3-4-6-10(8)11-9/h1-7H. The van der Waals surface area contributed by atoms with E-state index in [9.17, 15) is 0 Å². The van der Waals surface area contributed by atoms with Crippen LogP contribution in [0.2, 0.25) is 0 Å². The van der Waals surface area contributed by atoms with Crippen LogP contribution < -0.4 is 0 Å². The Hall–Kier alpha value is -1.08. The van der Waals surface area contributed by atoms with Crippen LogP contribution in [0.1, 0.15) is 4.88 Å². The van der Waals surface area contributed by atoms with Gasteiger partial charge >= 0.3 is 0 Å². The van der Waals surface area contributed by atoms with E-state index in [1.54, 1.807) is 17.4 Å². The van der Waals surface area contributed by atoms with Gasteiger partial charge in [0, 0.05) is 9.58 Å². The summed E-state index contributed by atoms with van der Waals surface area (Å²) in [4.78, 5) is 1.13. The van der Waals surface area contributed by atoms with Gasteiger partial charge in [0.2, 0.25) is 0 Å². The molecule has 0 nitrogen and oxygen atoms in total. The number of thiophene rings is 1. The maximum Gasteiger partial charge on any atom is 0.0349 e. The second-order valence-electron chi connectivity index (χ2n) is 2.35. The largest absolute Gasteiger partial charge is 0.136 e. The zero-order valence-corrected chi connectivity index (χ0v) is 6.77. The van der Waals surface area contributed by atoms with E-state index in [-0.39, 0.29) is 0 Å². The molecule has 0 spiro atoms. The van der Waals surface area contributed by atoms with Gasteiger partial charge in [-0.3, -0.25) is 0 Å². The summed E-state index contributed by atoms with van der Waals surface area (Å²) in [6.07, 6.45) is 1.64. The molecule has 0 aliphatic rings. The third kappa shape index (κ3) is 1.08. The molecule has 0 N–H and O–H groups in total. The number of hydrogen-bond acceptors (Lipinski definition) is 1. The lowest BCUT2D eigenvalue weighted by molar-refractivity contribution is 1.85. The monoisotopic (exact) mass is 159 g/mol. The molecule has 0 atom stereocenters. The minimum Gasteiger partial charge on any atom is -0.136 e. The molecular weight excluding hydrogens is 152 g/mol. The Morgan fingerprint density at radius 2 is 2.09 bits per heavy atom. The topological polar surface area (TPSA) is 0 Å². The summed E-state index contributed by atoms with van der Waals surface area (Å²) in [5.74, 6) is 0. The first-order valence-corrected chi connectivity index (χ1v) is 4.25. The van der Waals surface area contributed by atoms with Crippen molar-refractivity contribution in [2.24, 2.45) is 0 Å². The highest BCUT2D eigenvalue weighted by molar-refractivity contribution is 7.19. The summed E-state index contributed by atoms with van der Waals surface area (Å²) in [7, 11) is 0. The van der Waals surface area contributed by atoms with Gasteiger partial charge in [0.05, 0.1) is 0 Å². The van der Waals surface area contributed by atoms with Gasteiger partial charge in [-0.25, -0.2) is 0 Å². The molecule has 2 aromatic rings. The van der Waals surface area contributed by atoms with E-state index in [1.807, 2.05) is 12.1 Å². The Morgan fingerprint density at radius 3 is 2.82 bits per heavy atom. The molecular formula is C10H7S. The van der Waals surface area contributed by atoms with Crippen molar-refractivity contribution in [1.82, 2.24) is 0 Å². The molecule has 0 fully saturated rings. The first-order chi connectivity index (χ1) is 5.40. The number of hydrogen-bond donors (Lipinski definition) is 0. The normalized spacial score (nSPS) is 10.2. The highest BCUT2D eigenvalue weighted by Crippen LogP contribution is 2.25.